The van der Waals surface area contributed by atoms with E-state index in [2.05, 4.69) is 0 Å². The summed E-state index contributed by atoms with van der Waals surface area (Å²) in [7, 11) is 0. The Labute approximate surface area is 98.8 Å². The van der Waals surface area contributed by atoms with Gasteiger partial charge < -0.3 is 5.11 Å². The molecule has 0 aliphatic heterocycles. The fourth-order valence-electron chi connectivity index (χ4n) is 1.29. The molecule has 2 nitrogen and oxygen atoms in total. The van der Waals surface area contributed by atoms with Gasteiger partial charge >= 0.3 is 5.97 Å². The second-order valence-corrected chi connectivity index (χ2v) is 3.67. The molecular formula is C10H7ClF4O2. The van der Waals surface area contributed by atoms with E-state index in [9.17, 15) is 22.4 Å². The largest absolute Gasteiger partial charge is 0.481 e. The van der Waals surface area contributed by atoms with Gasteiger partial charge in [-0.15, -0.1) is 0 Å². The van der Waals surface area contributed by atoms with Crippen molar-refractivity contribution >= 4 is 17.6 Å². The van der Waals surface area contributed by atoms with Crippen LogP contribution >= 0.6 is 11.6 Å². The Balaban J connectivity index is 3.03. The first-order valence-electron chi connectivity index (χ1n) is 4.58. The highest BCUT2D eigenvalue weighted by Crippen LogP contribution is 2.28. The van der Waals surface area contributed by atoms with Crippen molar-refractivity contribution in [3.63, 3.8) is 0 Å². The van der Waals surface area contributed by atoms with Gasteiger partial charge in [0.1, 0.15) is 5.02 Å². The van der Waals surface area contributed by atoms with Crippen molar-refractivity contribution in [1.29, 1.82) is 0 Å². The number of carboxylic acids is 1. The molecule has 0 fully saturated rings. The summed E-state index contributed by atoms with van der Waals surface area (Å²) in [5.41, 5.74) is -0.828. The van der Waals surface area contributed by atoms with E-state index in [4.69, 9.17) is 16.7 Å². The number of hydrogen-bond donors (Lipinski definition) is 1. The fraction of sp³-hybridized carbons (Fsp3) is 0.300. The topological polar surface area (TPSA) is 37.3 Å². The maximum absolute atomic E-state index is 13.2. The minimum absolute atomic E-state index is 0.135. The number of carboxylic acid groups (broad SMARTS) is 1. The van der Waals surface area contributed by atoms with Gasteiger partial charge in [-0.3, -0.25) is 4.79 Å². The quantitative estimate of drug-likeness (QED) is 0.518. The number of aliphatic carboxylic acids is 1. The third kappa shape index (κ3) is 2.88. The van der Waals surface area contributed by atoms with E-state index in [0.717, 1.165) is 0 Å². The van der Waals surface area contributed by atoms with Crippen LogP contribution in [0.5, 0.6) is 0 Å². The molecule has 17 heavy (non-hydrogen) atoms. The smallest absolute Gasteiger partial charge is 0.303 e. The van der Waals surface area contributed by atoms with Crippen LogP contribution in [0.3, 0.4) is 0 Å². The van der Waals surface area contributed by atoms with Gasteiger partial charge in [-0.1, -0.05) is 11.6 Å². The monoisotopic (exact) mass is 270 g/mol. The van der Waals surface area contributed by atoms with Gasteiger partial charge in [0.15, 0.2) is 23.3 Å². The molecule has 1 N–H and O–H groups in total. The molecule has 0 saturated heterocycles. The van der Waals surface area contributed by atoms with E-state index in [1.807, 2.05) is 0 Å². The Bertz CT molecular complexity index is 433. The molecule has 0 amide bonds. The summed E-state index contributed by atoms with van der Waals surface area (Å²) >= 11 is 5.02. The lowest BCUT2D eigenvalue weighted by atomic mass is 10.1. The van der Waals surface area contributed by atoms with Crippen LogP contribution in [0.1, 0.15) is 18.4 Å². The van der Waals surface area contributed by atoms with E-state index < -0.39 is 46.2 Å². The highest BCUT2D eigenvalue weighted by Gasteiger charge is 2.23. The highest BCUT2D eigenvalue weighted by atomic mass is 35.5. The van der Waals surface area contributed by atoms with Crippen LogP contribution in [0, 0.1) is 23.3 Å². The first kappa shape index (κ1) is 13.8. The number of halogens is 5. The van der Waals surface area contributed by atoms with E-state index in [1.54, 1.807) is 0 Å². The van der Waals surface area contributed by atoms with E-state index >= 15 is 0 Å². The standard InChI is InChI=1S/C10H7ClF4O2/c11-6-9(14)7(12)4(8(13)10(6)15)2-1-3-5(16)17/h1-3H2,(H,16,17). The molecule has 1 rings (SSSR count). The average Bonchev–Trinajstić information content (AvgIpc) is 2.28. The summed E-state index contributed by atoms with van der Waals surface area (Å²) in [6.45, 7) is 0. The van der Waals surface area contributed by atoms with Gasteiger partial charge in [-0.05, 0) is 12.8 Å². The number of carbonyl (C=O) groups is 1. The third-order valence-electron chi connectivity index (χ3n) is 2.12. The van der Waals surface area contributed by atoms with Crippen LogP contribution in [0.4, 0.5) is 17.6 Å². The lowest BCUT2D eigenvalue weighted by molar-refractivity contribution is -0.137. The van der Waals surface area contributed by atoms with Crippen LogP contribution in [-0.4, -0.2) is 11.1 Å². The van der Waals surface area contributed by atoms with Crippen molar-refractivity contribution in [2.45, 2.75) is 19.3 Å². The summed E-state index contributed by atoms with van der Waals surface area (Å²) in [5, 5.41) is 7.08. The van der Waals surface area contributed by atoms with Crippen molar-refractivity contribution in [1.82, 2.24) is 0 Å². The summed E-state index contributed by atoms with van der Waals surface area (Å²) in [5.74, 6) is -7.67. The Morgan fingerprint density at radius 1 is 1.06 bits per heavy atom. The van der Waals surface area contributed by atoms with Gasteiger partial charge in [0.05, 0.1) is 0 Å². The van der Waals surface area contributed by atoms with Gasteiger partial charge in [-0.2, -0.15) is 0 Å². The molecule has 0 aliphatic carbocycles. The van der Waals surface area contributed by atoms with Crippen molar-refractivity contribution in [3.05, 3.63) is 33.9 Å². The Kier molecular flexibility index (Phi) is 4.34. The van der Waals surface area contributed by atoms with E-state index in [1.165, 1.54) is 0 Å². The molecule has 0 aromatic heterocycles. The normalized spacial score (nSPS) is 10.6. The minimum atomic E-state index is -1.67. The summed E-state index contributed by atoms with van der Waals surface area (Å²) < 4.78 is 52.4. The van der Waals surface area contributed by atoms with Gasteiger partial charge in [0.2, 0.25) is 0 Å². The molecule has 0 aliphatic rings. The molecule has 0 heterocycles. The Morgan fingerprint density at radius 2 is 1.53 bits per heavy atom. The van der Waals surface area contributed by atoms with Crippen LogP contribution in [0.2, 0.25) is 5.02 Å². The lowest BCUT2D eigenvalue weighted by Gasteiger charge is -2.07. The summed E-state index contributed by atoms with van der Waals surface area (Å²) in [6, 6.07) is 0. The average molecular weight is 271 g/mol. The van der Waals surface area contributed by atoms with Gasteiger partial charge in [0, 0.05) is 12.0 Å². The number of hydrogen-bond acceptors (Lipinski definition) is 1. The first-order chi connectivity index (χ1) is 7.86. The van der Waals surface area contributed by atoms with Gasteiger partial charge in [-0.25, -0.2) is 17.6 Å². The van der Waals surface area contributed by atoms with Crippen molar-refractivity contribution in [3.8, 4) is 0 Å². The number of rotatable bonds is 4. The van der Waals surface area contributed by atoms with Crippen LogP contribution in [0.15, 0.2) is 0 Å². The minimum Gasteiger partial charge on any atom is -0.481 e. The second-order valence-electron chi connectivity index (χ2n) is 3.30. The molecular weight excluding hydrogens is 264 g/mol. The van der Waals surface area contributed by atoms with Crippen molar-refractivity contribution in [2.24, 2.45) is 0 Å². The second kappa shape index (κ2) is 5.35. The zero-order chi connectivity index (χ0) is 13.2. The van der Waals surface area contributed by atoms with Crippen LogP contribution in [0.25, 0.3) is 0 Å². The van der Waals surface area contributed by atoms with Crippen LogP contribution < -0.4 is 0 Å². The Morgan fingerprint density at radius 3 is 1.94 bits per heavy atom. The summed E-state index contributed by atoms with van der Waals surface area (Å²) in [4.78, 5) is 10.2. The molecule has 1 aromatic carbocycles. The molecule has 94 valence electrons. The predicted molar refractivity (Wildman–Crippen MR) is 51.9 cm³/mol. The fourth-order valence-corrected chi connectivity index (χ4v) is 1.45. The van der Waals surface area contributed by atoms with E-state index in [-0.39, 0.29) is 12.8 Å². The first-order valence-corrected chi connectivity index (χ1v) is 4.96. The molecule has 0 radical (unpaired) electrons. The van der Waals surface area contributed by atoms with E-state index in [0.29, 0.717) is 0 Å². The highest BCUT2D eigenvalue weighted by molar-refractivity contribution is 6.30. The number of benzene rings is 1. The van der Waals surface area contributed by atoms with Crippen LogP contribution in [-0.2, 0) is 11.2 Å². The maximum Gasteiger partial charge on any atom is 0.303 e. The van der Waals surface area contributed by atoms with Crippen molar-refractivity contribution < 1.29 is 27.5 Å². The van der Waals surface area contributed by atoms with Gasteiger partial charge in [0.25, 0.3) is 0 Å². The van der Waals surface area contributed by atoms with Crippen molar-refractivity contribution in [2.75, 3.05) is 0 Å². The third-order valence-corrected chi connectivity index (χ3v) is 2.45. The molecule has 7 heteroatoms. The molecule has 0 atom stereocenters. The zero-order valence-electron chi connectivity index (χ0n) is 8.37. The molecule has 0 spiro atoms. The Hall–Kier alpha value is -1.30. The molecule has 0 bridgehead atoms. The summed E-state index contributed by atoms with van der Waals surface area (Å²) in [6.07, 6.45) is -0.913. The lowest BCUT2D eigenvalue weighted by Crippen LogP contribution is -2.05. The molecule has 0 saturated carbocycles. The maximum atomic E-state index is 13.2. The molecule has 1 aromatic rings. The zero-order valence-corrected chi connectivity index (χ0v) is 9.12. The predicted octanol–water partition coefficient (Wildman–Crippen LogP) is 3.30. The molecule has 0 unspecified atom stereocenters. The SMILES string of the molecule is O=C(O)CCCc1c(F)c(F)c(Cl)c(F)c1F.